The van der Waals surface area contributed by atoms with Gasteiger partial charge < -0.3 is 16.0 Å². The zero-order chi connectivity index (χ0) is 13.1. The van der Waals surface area contributed by atoms with Crippen LogP contribution in [0.3, 0.4) is 0 Å². The summed E-state index contributed by atoms with van der Waals surface area (Å²) in [5, 5.41) is 3.34. The summed E-state index contributed by atoms with van der Waals surface area (Å²) in [6, 6.07) is 5.86. The van der Waals surface area contributed by atoms with Crippen molar-refractivity contribution in [1.82, 2.24) is 20.3 Å². The SMILES string of the molecule is Nc1nccc(-c2ccc(N3CCNCC3)cn2)n1. The number of nitrogens with one attached hydrogen (secondary N) is 1. The van der Waals surface area contributed by atoms with Gasteiger partial charge in [-0.1, -0.05) is 0 Å². The van der Waals surface area contributed by atoms with Crippen molar-refractivity contribution >= 4 is 11.6 Å². The lowest BCUT2D eigenvalue weighted by Crippen LogP contribution is -2.43. The van der Waals surface area contributed by atoms with E-state index in [1.807, 2.05) is 18.3 Å². The Bertz CT molecular complexity index is 547. The highest BCUT2D eigenvalue weighted by Crippen LogP contribution is 2.19. The van der Waals surface area contributed by atoms with Crippen molar-refractivity contribution in [2.24, 2.45) is 0 Å². The molecule has 3 N–H and O–H groups in total. The fraction of sp³-hybridized carbons (Fsp3) is 0.308. The van der Waals surface area contributed by atoms with E-state index in [2.05, 4.69) is 31.2 Å². The summed E-state index contributed by atoms with van der Waals surface area (Å²) >= 11 is 0. The highest BCUT2D eigenvalue weighted by molar-refractivity contribution is 5.58. The van der Waals surface area contributed by atoms with Gasteiger partial charge in [0.15, 0.2) is 0 Å². The van der Waals surface area contributed by atoms with Gasteiger partial charge in [-0.25, -0.2) is 9.97 Å². The predicted octanol–water partition coefficient (Wildman–Crippen LogP) is 0.530. The molecule has 0 atom stereocenters. The molecular weight excluding hydrogens is 240 g/mol. The molecule has 0 spiro atoms. The van der Waals surface area contributed by atoms with Crippen LogP contribution in [0, 0.1) is 0 Å². The number of nitrogens with two attached hydrogens (primary N) is 1. The maximum Gasteiger partial charge on any atom is 0.220 e. The molecule has 2 aromatic rings. The number of hydrogen-bond acceptors (Lipinski definition) is 6. The van der Waals surface area contributed by atoms with Crippen LogP contribution in [0.4, 0.5) is 11.6 Å². The molecule has 1 aliphatic rings. The van der Waals surface area contributed by atoms with Crippen molar-refractivity contribution in [3.05, 3.63) is 30.6 Å². The standard InChI is InChI=1S/C13H16N6/c14-13-16-4-3-12(18-13)11-2-1-10(9-17-11)19-7-5-15-6-8-19/h1-4,9,15H,5-8H2,(H2,14,16,18). The maximum absolute atomic E-state index is 5.58. The third-order valence-electron chi connectivity index (χ3n) is 3.17. The van der Waals surface area contributed by atoms with Crippen LogP contribution in [-0.4, -0.2) is 41.1 Å². The summed E-state index contributed by atoms with van der Waals surface area (Å²) in [4.78, 5) is 14.8. The number of anilines is 2. The van der Waals surface area contributed by atoms with E-state index in [9.17, 15) is 0 Å². The average Bonchev–Trinajstić information content (AvgIpc) is 2.48. The van der Waals surface area contributed by atoms with Crippen LogP contribution in [0.25, 0.3) is 11.4 Å². The molecule has 0 aliphatic carbocycles. The van der Waals surface area contributed by atoms with E-state index in [4.69, 9.17) is 5.73 Å². The minimum atomic E-state index is 0.269. The van der Waals surface area contributed by atoms with Gasteiger partial charge in [0.1, 0.15) is 0 Å². The van der Waals surface area contributed by atoms with E-state index in [-0.39, 0.29) is 5.95 Å². The van der Waals surface area contributed by atoms with Gasteiger partial charge in [-0.2, -0.15) is 0 Å². The molecule has 0 bridgehead atoms. The van der Waals surface area contributed by atoms with Gasteiger partial charge in [-0.15, -0.1) is 0 Å². The van der Waals surface area contributed by atoms with Crippen molar-refractivity contribution in [2.75, 3.05) is 36.8 Å². The second kappa shape index (κ2) is 5.19. The van der Waals surface area contributed by atoms with Gasteiger partial charge >= 0.3 is 0 Å². The molecule has 0 saturated carbocycles. The van der Waals surface area contributed by atoms with E-state index >= 15 is 0 Å². The summed E-state index contributed by atoms with van der Waals surface area (Å²) in [6.45, 7) is 4.07. The van der Waals surface area contributed by atoms with E-state index < -0.39 is 0 Å². The van der Waals surface area contributed by atoms with Crippen LogP contribution in [0.15, 0.2) is 30.6 Å². The van der Waals surface area contributed by atoms with Gasteiger partial charge in [0.05, 0.1) is 23.3 Å². The molecule has 3 heterocycles. The highest BCUT2D eigenvalue weighted by Gasteiger charge is 2.11. The van der Waals surface area contributed by atoms with Gasteiger partial charge in [0.2, 0.25) is 5.95 Å². The zero-order valence-electron chi connectivity index (χ0n) is 10.6. The van der Waals surface area contributed by atoms with Crippen LogP contribution in [0.5, 0.6) is 0 Å². The van der Waals surface area contributed by atoms with Crippen molar-refractivity contribution in [3.63, 3.8) is 0 Å². The lowest BCUT2D eigenvalue weighted by molar-refractivity contribution is 0.589. The first-order valence-electron chi connectivity index (χ1n) is 6.33. The Morgan fingerprint density at radius 2 is 1.89 bits per heavy atom. The maximum atomic E-state index is 5.58. The number of piperazine rings is 1. The lowest BCUT2D eigenvalue weighted by atomic mass is 10.2. The second-order valence-corrected chi connectivity index (χ2v) is 4.44. The Morgan fingerprint density at radius 1 is 1.05 bits per heavy atom. The molecule has 0 aromatic carbocycles. The average molecular weight is 256 g/mol. The molecule has 0 amide bonds. The van der Waals surface area contributed by atoms with Crippen molar-refractivity contribution in [3.8, 4) is 11.4 Å². The smallest absolute Gasteiger partial charge is 0.220 e. The Hall–Kier alpha value is -2.21. The van der Waals surface area contributed by atoms with Gasteiger partial charge in [-0.3, -0.25) is 4.98 Å². The number of nitrogens with zero attached hydrogens (tertiary/aromatic N) is 4. The minimum absolute atomic E-state index is 0.269. The quantitative estimate of drug-likeness (QED) is 0.816. The molecule has 3 rings (SSSR count). The summed E-state index contributed by atoms with van der Waals surface area (Å²) in [5.41, 5.74) is 8.29. The molecule has 1 saturated heterocycles. The number of pyridine rings is 1. The molecule has 0 radical (unpaired) electrons. The molecule has 1 aliphatic heterocycles. The van der Waals surface area contributed by atoms with Crippen molar-refractivity contribution in [1.29, 1.82) is 0 Å². The second-order valence-electron chi connectivity index (χ2n) is 4.44. The van der Waals surface area contributed by atoms with E-state index in [1.165, 1.54) is 0 Å². The number of nitrogen functional groups attached to an aromatic ring is 1. The third-order valence-corrected chi connectivity index (χ3v) is 3.17. The lowest BCUT2D eigenvalue weighted by Gasteiger charge is -2.29. The third kappa shape index (κ3) is 2.63. The topological polar surface area (TPSA) is 80.0 Å². The summed E-state index contributed by atoms with van der Waals surface area (Å²) in [5.74, 6) is 0.269. The molecular formula is C13H16N6. The Labute approximate surface area is 111 Å². The van der Waals surface area contributed by atoms with E-state index in [1.54, 1.807) is 6.20 Å². The van der Waals surface area contributed by atoms with Crippen LogP contribution in [0.2, 0.25) is 0 Å². The Kier molecular flexibility index (Phi) is 3.24. The van der Waals surface area contributed by atoms with Crippen LogP contribution < -0.4 is 16.0 Å². The predicted molar refractivity (Wildman–Crippen MR) is 74.8 cm³/mol. The number of aromatic nitrogens is 3. The monoisotopic (exact) mass is 256 g/mol. The largest absolute Gasteiger partial charge is 0.368 e. The van der Waals surface area contributed by atoms with Gasteiger partial charge in [0.25, 0.3) is 0 Å². The first-order valence-corrected chi connectivity index (χ1v) is 6.33. The number of hydrogen-bond donors (Lipinski definition) is 2. The number of rotatable bonds is 2. The van der Waals surface area contributed by atoms with E-state index in [0.29, 0.717) is 0 Å². The summed E-state index contributed by atoms with van der Waals surface area (Å²) in [6.07, 6.45) is 3.53. The molecule has 0 unspecified atom stereocenters. The Balaban J connectivity index is 1.82. The summed E-state index contributed by atoms with van der Waals surface area (Å²) in [7, 11) is 0. The fourth-order valence-electron chi connectivity index (χ4n) is 2.16. The normalized spacial score (nSPS) is 15.5. The fourth-order valence-corrected chi connectivity index (χ4v) is 2.16. The Morgan fingerprint density at radius 3 is 2.58 bits per heavy atom. The van der Waals surface area contributed by atoms with Crippen LogP contribution >= 0.6 is 0 Å². The van der Waals surface area contributed by atoms with Crippen LogP contribution in [0.1, 0.15) is 0 Å². The molecule has 2 aromatic heterocycles. The van der Waals surface area contributed by atoms with E-state index in [0.717, 1.165) is 43.3 Å². The first kappa shape index (κ1) is 11.9. The van der Waals surface area contributed by atoms with Gasteiger partial charge in [0, 0.05) is 32.4 Å². The first-order chi connectivity index (χ1) is 9.33. The molecule has 6 heteroatoms. The summed E-state index contributed by atoms with van der Waals surface area (Å²) < 4.78 is 0. The molecule has 6 nitrogen and oxygen atoms in total. The highest BCUT2D eigenvalue weighted by atomic mass is 15.2. The zero-order valence-corrected chi connectivity index (χ0v) is 10.6. The van der Waals surface area contributed by atoms with Crippen LogP contribution in [-0.2, 0) is 0 Å². The molecule has 19 heavy (non-hydrogen) atoms. The van der Waals surface area contributed by atoms with Crippen molar-refractivity contribution in [2.45, 2.75) is 0 Å². The minimum Gasteiger partial charge on any atom is -0.368 e. The van der Waals surface area contributed by atoms with Gasteiger partial charge in [-0.05, 0) is 18.2 Å². The molecule has 1 fully saturated rings. The molecule has 98 valence electrons. The van der Waals surface area contributed by atoms with Crippen molar-refractivity contribution < 1.29 is 0 Å².